The van der Waals surface area contributed by atoms with E-state index in [2.05, 4.69) is 37.4 Å². The van der Waals surface area contributed by atoms with Gasteiger partial charge in [-0.05, 0) is 26.5 Å². The molecule has 0 saturated heterocycles. The van der Waals surface area contributed by atoms with Gasteiger partial charge in [-0.2, -0.15) is 0 Å². The Kier molecular flexibility index (Phi) is 2.30. The van der Waals surface area contributed by atoms with E-state index >= 15 is 0 Å². The first-order valence-corrected chi connectivity index (χ1v) is 4.88. The maximum Gasteiger partial charge on any atom is 0.137 e. The minimum absolute atomic E-state index is 0.332. The van der Waals surface area contributed by atoms with E-state index in [9.17, 15) is 0 Å². The van der Waals surface area contributed by atoms with Crippen LogP contribution in [0.2, 0.25) is 0 Å². The van der Waals surface area contributed by atoms with Crippen molar-refractivity contribution in [3.8, 4) is 0 Å². The summed E-state index contributed by atoms with van der Waals surface area (Å²) in [5, 5.41) is 4.43. The molecule has 2 nitrogen and oxygen atoms in total. The molecule has 14 heavy (non-hydrogen) atoms. The molecule has 0 saturated carbocycles. The highest BCUT2D eigenvalue weighted by atomic mass is 16.3. The summed E-state index contributed by atoms with van der Waals surface area (Å²) >= 11 is 0. The van der Waals surface area contributed by atoms with E-state index in [0.717, 1.165) is 5.58 Å². The van der Waals surface area contributed by atoms with Crippen LogP contribution in [0.25, 0.3) is 11.0 Å². The lowest BCUT2D eigenvalue weighted by Gasteiger charge is -2.07. The van der Waals surface area contributed by atoms with Crippen LogP contribution >= 0.6 is 0 Å². The zero-order valence-electron chi connectivity index (χ0n) is 8.79. The second-order valence-electron chi connectivity index (χ2n) is 3.65. The van der Waals surface area contributed by atoms with Gasteiger partial charge in [0.2, 0.25) is 0 Å². The van der Waals surface area contributed by atoms with Crippen LogP contribution in [0.15, 0.2) is 28.9 Å². The summed E-state index contributed by atoms with van der Waals surface area (Å²) in [5.74, 6) is 0. The molecule has 0 fully saturated rings. The maximum absolute atomic E-state index is 5.56. The van der Waals surface area contributed by atoms with Gasteiger partial charge in [-0.3, -0.25) is 0 Å². The zero-order valence-corrected chi connectivity index (χ0v) is 8.79. The molecule has 0 radical (unpaired) electrons. The normalized spacial score (nSPS) is 13.4. The lowest BCUT2D eigenvalue weighted by atomic mass is 10.1. The summed E-state index contributed by atoms with van der Waals surface area (Å²) in [6, 6.07) is 6.58. The number of furan rings is 1. The van der Waals surface area contributed by atoms with E-state index in [1.807, 2.05) is 13.3 Å². The fourth-order valence-electron chi connectivity index (χ4n) is 1.71. The first kappa shape index (κ1) is 9.28. The first-order chi connectivity index (χ1) is 6.74. The Balaban J connectivity index is 2.63. The zero-order chi connectivity index (χ0) is 10.1. The lowest BCUT2D eigenvalue weighted by molar-refractivity contribution is 0.586. The Bertz CT molecular complexity index is 445. The lowest BCUT2D eigenvalue weighted by Crippen LogP contribution is -2.11. The van der Waals surface area contributed by atoms with Crippen LogP contribution < -0.4 is 5.32 Å². The fraction of sp³-hybridized carbons (Fsp3) is 0.333. The Morgan fingerprint density at radius 1 is 1.36 bits per heavy atom. The Hall–Kier alpha value is -1.28. The number of rotatable bonds is 2. The molecule has 2 heteroatoms. The molecule has 1 N–H and O–H groups in total. The molecule has 1 atom stereocenters. The van der Waals surface area contributed by atoms with E-state index < -0.39 is 0 Å². The molecule has 0 aliphatic heterocycles. The monoisotopic (exact) mass is 189 g/mol. The molecule has 74 valence electrons. The van der Waals surface area contributed by atoms with E-state index in [1.54, 1.807) is 0 Å². The largest absolute Gasteiger partial charge is 0.464 e. The fourth-order valence-corrected chi connectivity index (χ4v) is 1.71. The third-order valence-corrected chi connectivity index (χ3v) is 2.73. The van der Waals surface area contributed by atoms with Gasteiger partial charge in [-0.15, -0.1) is 0 Å². The summed E-state index contributed by atoms with van der Waals surface area (Å²) in [4.78, 5) is 0. The van der Waals surface area contributed by atoms with Crippen molar-refractivity contribution in [2.24, 2.45) is 0 Å². The standard InChI is InChI=1S/C12H15NO/c1-8-5-4-6-10-11(9(2)13-3)7-14-12(8)10/h4-7,9,13H,1-3H3. The maximum atomic E-state index is 5.56. The molecule has 1 unspecified atom stereocenters. The van der Waals surface area contributed by atoms with Crippen LogP contribution in [0.3, 0.4) is 0 Å². The van der Waals surface area contributed by atoms with Crippen molar-refractivity contribution in [1.29, 1.82) is 0 Å². The second-order valence-corrected chi connectivity index (χ2v) is 3.65. The molecule has 1 heterocycles. The van der Waals surface area contributed by atoms with Gasteiger partial charge in [0.15, 0.2) is 0 Å². The van der Waals surface area contributed by atoms with Gasteiger partial charge in [-0.25, -0.2) is 0 Å². The first-order valence-electron chi connectivity index (χ1n) is 4.88. The highest BCUT2D eigenvalue weighted by Crippen LogP contribution is 2.27. The molecule has 2 rings (SSSR count). The number of para-hydroxylation sites is 1. The predicted octanol–water partition coefficient (Wildman–Crippen LogP) is 3.02. The summed E-state index contributed by atoms with van der Waals surface area (Å²) < 4.78 is 5.56. The van der Waals surface area contributed by atoms with Crippen molar-refractivity contribution < 1.29 is 4.42 Å². The molecule has 0 bridgehead atoms. The topological polar surface area (TPSA) is 25.2 Å². The highest BCUT2D eigenvalue weighted by molar-refractivity contribution is 5.84. The molecule has 0 spiro atoms. The minimum atomic E-state index is 0.332. The van der Waals surface area contributed by atoms with Gasteiger partial charge < -0.3 is 9.73 Å². The van der Waals surface area contributed by atoms with Crippen LogP contribution in [0, 0.1) is 6.92 Å². The van der Waals surface area contributed by atoms with Gasteiger partial charge in [0.1, 0.15) is 5.58 Å². The van der Waals surface area contributed by atoms with Gasteiger partial charge in [0, 0.05) is 17.0 Å². The summed E-state index contributed by atoms with van der Waals surface area (Å²) in [6.45, 7) is 4.20. The summed E-state index contributed by atoms with van der Waals surface area (Å²) in [7, 11) is 1.96. The summed E-state index contributed by atoms with van der Waals surface area (Å²) in [5.41, 5.74) is 3.42. The van der Waals surface area contributed by atoms with Crippen molar-refractivity contribution in [2.75, 3.05) is 7.05 Å². The second kappa shape index (κ2) is 3.46. The van der Waals surface area contributed by atoms with Crippen molar-refractivity contribution in [1.82, 2.24) is 5.32 Å². The average Bonchev–Trinajstić information content (AvgIpc) is 2.62. The van der Waals surface area contributed by atoms with Crippen molar-refractivity contribution in [3.63, 3.8) is 0 Å². The molecule has 0 aliphatic carbocycles. The average molecular weight is 189 g/mol. The minimum Gasteiger partial charge on any atom is -0.464 e. The number of fused-ring (bicyclic) bond motifs is 1. The van der Waals surface area contributed by atoms with Crippen molar-refractivity contribution >= 4 is 11.0 Å². The predicted molar refractivity (Wildman–Crippen MR) is 58.4 cm³/mol. The third kappa shape index (κ3) is 1.32. The Morgan fingerprint density at radius 3 is 2.86 bits per heavy atom. The molecule has 1 aromatic heterocycles. The van der Waals surface area contributed by atoms with Gasteiger partial charge >= 0.3 is 0 Å². The molecule has 2 aromatic rings. The van der Waals surface area contributed by atoms with Crippen molar-refractivity contribution in [3.05, 3.63) is 35.6 Å². The molecule has 0 amide bonds. The number of hydrogen-bond acceptors (Lipinski definition) is 2. The highest BCUT2D eigenvalue weighted by Gasteiger charge is 2.11. The molecule has 1 aromatic carbocycles. The quantitative estimate of drug-likeness (QED) is 0.785. The molecule has 0 aliphatic rings. The number of hydrogen-bond donors (Lipinski definition) is 1. The van der Waals surface area contributed by atoms with E-state index in [4.69, 9.17) is 4.42 Å². The van der Waals surface area contributed by atoms with Crippen LogP contribution in [0.1, 0.15) is 24.1 Å². The Labute approximate surface area is 83.9 Å². The van der Waals surface area contributed by atoms with Crippen LogP contribution in [-0.2, 0) is 0 Å². The van der Waals surface area contributed by atoms with Gasteiger partial charge in [0.25, 0.3) is 0 Å². The number of benzene rings is 1. The van der Waals surface area contributed by atoms with E-state index in [-0.39, 0.29) is 0 Å². The van der Waals surface area contributed by atoms with Crippen molar-refractivity contribution in [2.45, 2.75) is 19.9 Å². The molecular weight excluding hydrogens is 174 g/mol. The Morgan fingerprint density at radius 2 is 2.14 bits per heavy atom. The van der Waals surface area contributed by atoms with Crippen LogP contribution in [0.4, 0.5) is 0 Å². The summed E-state index contributed by atoms with van der Waals surface area (Å²) in [6.07, 6.45) is 1.85. The van der Waals surface area contributed by atoms with Gasteiger partial charge in [-0.1, -0.05) is 18.2 Å². The smallest absolute Gasteiger partial charge is 0.137 e. The SMILES string of the molecule is CNC(C)c1coc2c(C)cccc12. The van der Waals surface area contributed by atoms with Crippen LogP contribution in [0.5, 0.6) is 0 Å². The van der Waals surface area contributed by atoms with E-state index in [1.165, 1.54) is 16.5 Å². The van der Waals surface area contributed by atoms with E-state index in [0.29, 0.717) is 6.04 Å². The third-order valence-electron chi connectivity index (χ3n) is 2.73. The van der Waals surface area contributed by atoms with Crippen LogP contribution in [-0.4, -0.2) is 7.05 Å². The van der Waals surface area contributed by atoms with Gasteiger partial charge in [0.05, 0.1) is 6.26 Å². The number of aryl methyl sites for hydroxylation is 1. The number of nitrogens with one attached hydrogen (secondary N) is 1. The molecular formula is C12H15NO.